The van der Waals surface area contributed by atoms with Crippen LogP contribution in [0.25, 0.3) is 0 Å². The lowest BCUT2D eigenvalue weighted by atomic mass is 9.93. The van der Waals surface area contributed by atoms with Gasteiger partial charge in [-0.25, -0.2) is 4.79 Å². The molecule has 0 saturated heterocycles. The van der Waals surface area contributed by atoms with Gasteiger partial charge in [-0.3, -0.25) is 4.79 Å². The van der Waals surface area contributed by atoms with Crippen molar-refractivity contribution >= 4 is 11.9 Å². The van der Waals surface area contributed by atoms with E-state index in [1.165, 1.54) is 26.2 Å². The van der Waals surface area contributed by atoms with Gasteiger partial charge < -0.3 is 10.1 Å². The summed E-state index contributed by atoms with van der Waals surface area (Å²) in [5, 5.41) is 2.50. The molecule has 1 aliphatic carbocycles. The van der Waals surface area contributed by atoms with E-state index in [-0.39, 0.29) is 0 Å². The Morgan fingerprint density at radius 2 is 1.95 bits per heavy atom. The third-order valence-corrected chi connectivity index (χ3v) is 3.83. The molecule has 1 aromatic carbocycles. The van der Waals surface area contributed by atoms with Gasteiger partial charge in [0.25, 0.3) is 0 Å². The van der Waals surface area contributed by atoms with Crippen LogP contribution in [-0.2, 0) is 25.9 Å². The number of benzene rings is 1. The minimum absolute atomic E-state index is 0.317. The fourth-order valence-electron chi connectivity index (χ4n) is 2.34. The Hall–Kier alpha value is -2.05. The van der Waals surface area contributed by atoms with Crippen LogP contribution in [0.3, 0.4) is 0 Å². The zero-order valence-electron chi connectivity index (χ0n) is 12.2. The minimum Gasteiger partial charge on any atom is -0.467 e. The standard InChI is InChI=1S/C15H16F3NO3/c1-9(12(20)22-2)19-13(21)14(6-7-14)10-4-3-5-11(8-10)15(16,17)18/h3-5,8-9H,6-7H2,1-2H3,(H,19,21)/t9-/m0/s1. The number of hydrogen-bond acceptors (Lipinski definition) is 3. The van der Waals surface area contributed by atoms with Gasteiger partial charge in [0.1, 0.15) is 6.04 Å². The fourth-order valence-corrected chi connectivity index (χ4v) is 2.34. The predicted molar refractivity (Wildman–Crippen MR) is 72.0 cm³/mol. The molecule has 1 saturated carbocycles. The Bertz CT molecular complexity index is 594. The lowest BCUT2D eigenvalue weighted by molar-refractivity contribution is -0.144. The lowest BCUT2D eigenvalue weighted by Crippen LogP contribution is -2.44. The van der Waals surface area contributed by atoms with E-state index in [0.29, 0.717) is 18.4 Å². The fraction of sp³-hybridized carbons (Fsp3) is 0.467. The van der Waals surface area contributed by atoms with Gasteiger partial charge in [-0.2, -0.15) is 13.2 Å². The first kappa shape index (κ1) is 16.3. The van der Waals surface area contributed by atoms with Crippen molar-refractivity contribution in [3.63, 3.8) is 0 Å². The Labute approximate surface area is 125 Å². The smallest absolute Gasteiger partial charge is 0.416 e. The average Bonchev–Trinajstić information content (AvgIpc) is 3.27. The molecule has 7 heteroatoms. The van der Waals surface area contributed by atoms with Crippen molar-refractivity contribution in [1.82, 2.24) is 5.32 Å². The second-order valence-electron chi connectivity index (χ2n) is 5.38. The molecule has 4 nitrogen and oxygen atoms in total. The van der Waals surface area contributed by atoms with Gasteiger partial charge in [-0.15, -0.1) is 0 Å². The highest BCUT2D eigenvalue weighted by molar-refractivity contribution is 5.94. The van der Waals surface area contributed by atoms with Crippen LogP contribution in [0.2, 0.25) is 0 Å². The molecule has 0 heterocycles. The summed E-state index contributed by atoms with van der Waals surface area (Å²) in [4.78, 5) is 23.7. The van der Waals surface area contributed by atoms with Crippen LogP contribution in [0.4, 0.5) is 13.2 Å². The summed E-state index contributed by atoms with van der Waals surface area (Å²) in [5.41, 5.74) is -1.45. The normalized spacial score (nSPS) is 17.5. The number of carbonyl (C=O) groups excluding carboxylic acids is 2. The van der Waals surface area contributed by atoms with Crippen LogP contribution in [0.5, 0.6) is 0 Å². The van der Waals surface area contributed by atoms with Gasteiger partial charge in [0.15, 0.2) is 0 Å². The Kier molecular flexibility index (Phi) is 4.17. The molecule has 0 bridgehead atoms. The molecule has 22 heavy (non-hydrogen) atoms. The van der Waals surface area contributed by atoms with E-state index in [2.05, 4.69) is 10.1 Å². The molecule has 0 aromatic heterocycles. The molecule has 1 atom stereocenters. The second kappa shape index (κ2) is 5.62. The summed E-state index contributed by atoms with van der Waals surface area (Å²) in [5.74, 6) is -1.06. The van der Waals surface area contributed by atoms with E-state index in [4.69, 9.17) is 0 Å². The molecule has 0 aliphatic heterocycles. The van der Waals surface area contributed by atoms with Gasteiger partial charge in [-0.1, -0.05) is 18.2 Å². The predicted octanol–water partition coefficient (Wildman–Crippen LogP) is 2.41. The number of amides is 1. The number of halogens is 3. The van der Waals surface area contributed by atoms with Gasteiger partial charge >= 0.3 is 12.1 Å². The first-order chi connectivity index (χ1) is 10.2. The molecule has 1 aromatic rings. The van der Waals surface area contributed by atoms with Gasteiger partial charge in [0.05, 0.1) is 18.1 Å². The topological polar surface area (TPSA) is 55.4 Å². The quantitative estimate of drug-likeness (QED) is 0.868. The van der Waals surface area contributed by atoms with E-state index >= 15 is 0 Å². The molecule has 120 valence electrons. The number of methoxy groups -OCH3 is 1. The molecular weight excluding hydrogens is 299 g/mol. The van der Waals surface area contributed by atoms with Crippen LogP contribution in [0.15, 0.2) is 24.3 Å². The number of alkyl halides is 3. The molecule has 0 spiro atoms. The first-order valence-electron chi connectivity index (χ1n) is 6.77. The van der Waals surface area contributed by atoms with Crippen LogP contribution >= 0.6 is 0 Å². The SMILES string of the molecule is COC(=O)[C@H](C)NC(=O)C1(c2cccc(C(F)(F)F)c2)CC1. The van der Waals surface area contributed by atoms with Gasteiger partial charge in [0.2, 0.25) is 5.91 Å². The molecule has 2 rings (SSSR count). The van der Waals surface area contributed by atoms with E-state index in [1.807, 2.05) is 0 Å². The summed E-state index contributed by atoms with van der Waals surface area (Å²) in [6, 6.07) is 3.91. The van der Waals surface area contributed by atoms with Crippen molar-refractivity contribution in [3.8, 4) is 0 Å². The lowest BCUT2D eigenvalue weighted by Gasteiger charge is -2.19. The molecule has 1 aliphatic rings. The second-order valence-corrected chi connectivity index (χ2v) is 5.38. The van der Waals surface area contributed by atoms with E-state index in [0.717, 1.165) is 12.1 Å². The van der Waals surface area contributed by atoms with E-state index in [1.54, 1.807) is 0 Å². The molecule has 0 unspecified atom stereocenters. The van der Waals surface area contributed by atoms with E-state index < -0.39 is 35.1 Å². The number of hydrogen-bond donors (Lipinski definition) is 1. The highest BCUT2D eigenvalue weighted by Gasteiger charge is 2.52. The molecular formula is C15H16F3NO3. The number of nitrogens with one attached hydrogen (secondary N) is 1. The van der Waals surface area contributed by atoms with Crippen molar-refractivity contribution in [1.29, 1.82) is 0 Å². The Balaban J connectivity index is 2.21. The highest BCUT2D eigenvalue weighted by Crippen LogP contribution is 2.49. The third-order valence-electron chi connectivity index (χ3n) is 3.83. The number of esters is 1. The largest absolute Gasteiger partial charge is 0.467 e. The zero-order chi connectivity index (χ0) is 16.5. The van der Waals surface area contributed by atoms with Crippen LogP contribution in [0, 0.1) is 0 Å². The number of ether oxygens (including phenoxy) is 1. The van der Waals surface area contributed by atoms with Crippen molar-refractivity contribution in [2.45, 2.75) is 37.4 Å². The highest BCUT2D eigenvalue weighted by atomic mass is 19.4. The van der Waals surface area contributed by atoms with E-state index in [9.17, 15) is 22.8 Å². The van der Waals surface area contributed by atoms with Crippen molar-refractivity contribution in [2.24, 2.45) is 0 Å². The van der Waals surface area contributed by atoms with Crippen molar-refractivity contribution in [3.05, 3.63) is 35.4 Å². The first-order valence-corrected chi connectivity index (χ1v) is 6.77. The Morgan fingerprint density at radius 3 is 2.45 bits per heavy atom. The molecule has 1 amide bonds. The van der Waals surface area contributed by atoms with Crippen LogP contribution < -0.4 is 5.32 Å². The van der Waals surface area contributed by atoms with Crippen LogP contribution in [-0.4, -0.2) is 25.0 Å². The maximum absolute atomic E-state index is 12.8. The summed E-state index contributed by atoms with van der Waals surface area (Å²) in [7, 11) is 1.20. The van der Waals surface area contributed by atoms with Gasteiger partial charge in [0, 0.05) is 0 Å². The molecule has 0 radical (unpaired) electrons. The summed E-state index contributed by atoms with van der Waals surface area (Å²) >= 11 is 0. The van der Waals surface area contributed by atoms with Crippen molar-refractivity contribution < 1.29 is 27.5 Å². The maximum Gasteiger partial charge on any atom is 0.416 e. The minimum atomic E-state index is -4.46. The monoisotopic (exact) mass is 315 g/mol. The number of rotatable bonds is 4. The molecule has 1 fully saturated rings. The van der Waals surface area contributed by atoms with Gasteiger partial charge in [-0.05, 0) is 31.4 Å². The summed E-state index contributed by atoms with van der Waals surface area (Å²) in [6.45, 7) is 1.46. The maximum atomic E-state index is 12.8. The van der Waals surface area contributed by atoms with Crippen LogP contribution in [0.1, 0.15) is 30.9 Å². The third kappa shape index (κ3) is 3.08. The summed E-state index contributed by atoms with van der Waals surface area (Å²) < 4.78 is 42.8. The summed E-state index contributed by atoms with van der Waals surface area (Å²) in [6.07, 6.45) is -3.55. The average molecular weight is 315 g/mol. The van der Waals surface area contributed by atoms with Crippen molar-refractivity contribution in [2.75, 3.05) is 7.11 Å². The Morgan fingerprint density at radius 1 is 1.32 bits per heavy atom. The number of carbonyl (C=O) groups is 2. The molecule has 1 N–H and O–H groups in total. The zero-order valence-corrected chi connectivity index (χ0v) is 12.2.